The summed E-state index contributed by atoms with van der Waals surface area (Å²) >= 11 is 0. The van der Waals surface area contributed by atoms with Crippen LogP contribution in [-0.2, 0) is 12.0 Å². The van der Waals surface area contributed by atoms with Crippen molar-refractivity contribution in [1.29, 1.82) is 0 Å². The second-order valence-electron chi connectivity index (χ2n) is 6.37. The van der Waals surface area contributed by atoms with Gasteiger partial charge in [-0.05, 0) is 44.0 Å². The van der Waals surface area contributed by atoms with Gasteiger partial charge in [-0.25, -0.2) is 0 Å². The predicted molar refractivity (Wildman–Crippen MR) is 90.8 cm³/mol. The Balaban J connectivity index is 1.94. The molecular weight excluding hydrogens is 270 g/mol. The molecule has 1 N–H and O–H groups in total. The van der Waals surface area contributed by atoms with E-state index in [0.29, 0.717) is 6.42 Å². The van der Waals surface area contributed by atoms with Crippen molar-refractivity contribution in [1.82, 2.24) is 4.90 Å². The van der Waals surface area contributed by atoms with E-state index in [1.165, 1.54) is 18.4 Å². The van der Waals surface area contributed by atoms with Crippen LogP contribution in [-0.4, -0.2) is 29.1 Å². The first kappa shape index (κ1) is 15.3. The van der Waals surface area contributed by atoms with Crippen LogP contribution in [0.1, 0.15) is 30.9 Å². The zero-order chi connectivity index (χ0) is 15.4. The summed E-state index contributed by atoms with van der Waals surface area (Å²) in [4.78, 5) is 2.43. The zero-order valence-corrected chi connectivity index (χ0v) is 13.3. The van der Waals surface area contributed by atoms with E-state index in [1.54, 1.807) is 0 Å². The molecule has 2 nitrogen and oxygen atoms in total. The van der Waals surface area contributed by atoms with Crippen molar-refractivity contribution < 1.29 is 5.11 Å². The van der Waals surface area contributed by atoms with Gasteiger partial charge in [0.25, 0.3) is 0 Å². The van der Waals surface area contributed by atoms with Gasteiger partial charge in [0.1, 0.15) is 5.60 Å². The molecule has 0 unspecified atom stereocenters. The number of aliphatic hydroxyl groups is 1. The van der Waals surface area contributed by atoms with Crippen molar-refractivity contribution in [2.45, 2.75) is 37.8 Å². The topological polar surface area (TPSA) is 23.5 Å². The number of hydrogen-bond acceptors (Lipinski definition) is 2. The standard InChI is InChI=1S/C20H25NO/c1-17(21-14-8-9-15-21)20(22,19-12-6-3-7-13-19)16-18-10-4-2-5-11-18/h2-7,10-13,17,22H,8-9,14-16H2,1H3/t17-,20-/m1/s1. The maximum Gasteiger partial charge on any atom is 0.109 e. The number of rotatable bonds is 5. The summed E-state index contributed by atoms with van der Waals surface area (Å²) in [5.41, 5.74) is 1.34. The predicted octanol–water partition coefficient (Wildman–Crippen LogP) is 3.60. The van der Waals surface area contributed by atoms with Crippen molar-refractivity contribution in [3.63, 3.8) is 0 Å². The summed E-state index contributed by atoms with van der Waals surface area (Å²) < 4.78 is 0. The van der Waals surface area contributed by atoms with Gasteiger partial charge in [-0.2, -0.15) is 0 Å². The Labute approximate surface area is 133 Å². The third kappa shape index (κ3) is 3.08. The molecule has 22 heavy (non-hydrogen) atoms. The lowest BCUT2D eigenvalue weighted by Gasteiger charge is -2.40. The highest BCUT2D eigenvalue weighted by Gasteiger charge is 2.39. The molecule has 1 heterocycles. The monoisotopic (exact) mass is 295 g/mol. The molecule has 0 saturated carbocycles. The van der Waals surface area contributed by atoms with Crippen molar-refractivity contribution in [2.24, 2.45) is 0 Å². The van der Waals surface area contributed by atoms with Crippen LogP contribution in [0.4, 0.5) is 0 Å². The number of benzene rings is 2. The van der Waals surface area contributed by atoms with E-state index in [1.807, 2.05) is 36.4 Å². The van der Waals surface area contributed by atoms with Crippen LogP contribution in [0.15, 0.2) is 60.7 Å². The van der Waals surface area contributed by atoms with Crippen LogP contribution in [0.25, 0.3) is 0 Å². The van der Waals surface area contributed by atoms with Crippen LogP contribution in [0.3, 0.4) is 0 Å². The molecule has 2 aromatic rings. The molecule has 116 valence electrons. The fourth-order valence-electron chi connectivity index (χ4n) is 3.56. The Morgan fingerprint density at radius 2 is 1.50 bits per heavy atom. The van der Waals surface area contributed by atoms with E-state index in [4.69, 9.17) is 0 Å². The lowest BCUT2D eigenvalue weighted by molar-refractivity contribution is -0.0394. The third-order valence-corrected chi connectivity index (χ3v) is 4.97. The summed E-state index contributed by atoms with van der Waals surface area (Å²) in [7, 11) is 0. The van der Waals surface area contributed by atoms with Crippen molar-refractivity contribution in [2.75, 3.05) is 13.1 Å². The third-order valence-electron chi connectivity index (χ3n) is 4.97. The maximum absolute atomic E-state index is 11.6. The lowest BCUT2D eigenvalue weighted by atomic mass is 9.81. The molecule has 0 spiro atoms. The average Bonchev–Trinajstić information content (AvgIpc) is 3.10. The highest BCUT2D eigenvalue weighted by molar-refractivity contribution is 5.28. The van der Waals surface area contributed by atoms with Gasteiger partial charge >= 0.3 is 0 Å². The first-order chi connectivity index (χ1) is 10.7. The van der Waals surface area contributed by atoms with E-state index in [9.17, 15) is 5.11 Å². The molecule has 0 radical (unpaired) electrons. The molecule has 2 aromatic carbocycles. The molecule has 1 aliphatic heterocycles. The molecule has 0 bridgehead atoms. The quantitative estimate of drug-likeness (QED) is 0.911. The van der Waals surface area contributed by atoms with Gasteiger partial charge in [-0.15, -0.1) is 0 Å². The minimum absolute atomic E-state index is 0.109. The fourth-order valence-corrected chi connectivity index (χ4v) is 3.56. The van der Waals surface area contributed by atoms with Gasteiger partial charge in [0, 0.05) is 12.5 Å². The largest absolute Gasteiger partial charge is 0.383 e. The van der Waals surface area contributed by atoms with Crippen LogP contribution in [0.5, 0.6) is 0 Å². The highest BCUT2D eigenvalue weighted by Crippen LogP contribution is 2.33. The molecule has 0 aliphatic carbocycles. The molecule has 1 aliphatic rings. The summed E-state index contributed by atoms with van der Waals surface area (Å²) in [6, 6.07) is 20.6. The van der Waals surface area contributed by atoms with Gasteiger partial charge in [0.2, 0.25) is 0 Å². The Bertz CT molecular complexity index is 577. The van der Waals surface area contributed by atoms with E-state index in [0.717, 1.165) is 18.7 Å². The zero-order valence-electron chi connectivity index (χ0n) is 13.3. The molecule has 2 heteroatoms. The molecule has 0 aromatic heterocycles. The number of hydrogen-bond donors (Lipinski definition) is 1. The molecular formula is C20H25NO. The average molecular weight is 295 g/mol. The van der Waals surface area contributed by atoms with Gasteiger partial charge in [-0.3, -0.25) is 4.90 Å². The molecule has 0 amide bonds. The Hall–Kier alpha value is -1.64. The van der Waals surface area contributed by atoms with Gasteiger partial charge < -0.3 is 5.11 Å². The normalized spacial score (nSPS) is 19.7. The SMILES string of the molecule is C[C@@H](N1CCCC1)[C@](O)(Cc1ccccc1)c1ccccc1. The first-order valence-corrected chi connectivity index (χ1v) is 8.26. The fraction of sp³-hybridized carbons (Fsp3) is 0.400. The Kier molecular flexibility index (Phi) is 4.60. The second kappa shape index (κ2) is 6.64. The highest BCUT2D eigenvalue weighted by atomic mass is 16.3. The summed E-state index contributed by atoms with van der Waals surface area (Å²) in [5.74, 6) is 0. The van der Waals surface area contributed by atoms with Crippen LogP contribution < -0.4 is 0 Å². The minimum atomic E-state index is -0.854. The summed E-state index contributed by atoms with van der Waals surface area (Å²) in [6.45, 7) is 4.34. The number of nitrogens with zero attached hydrogens (tertiary/aromatic N) is 1. The molecule has 1 saturated heterocycles. The molecule has 3 rings (SSSR count). The molecule has 1 fully saturated rings. The Morgan fingerprint density at radius 1 is 0.955 bits per heavy atom. The molecule has 2 atom stereocenters. The van der Waals surface area contributed by atoms with E-state index in [-0.39, 0.29) is 6.04 Å². The van der Waals surface area contributed by atoms with E-state index in [2.05, 4.69) is 36.1 Å². The first-order valence-electron chi connectivity index (χ1n) is 8.26. The maximum atomic E-state index is 11.6. The van der Waals surface area contributed by atoms with Crippen molar-refractivity contribution >= 4 is 0 Å². The number of likely N-dealkylation sites (tertiary alicyclic amines) is 1. The van der Waals surface area contributed by atoms with Crippen molar-refractivity contribution in [3.8, 4) is 0 Å². The van der Waals surface area contributed by atoms with E-state index >= 15 is 0 Å². The van der Waals surface area contributed by atoms with Crippen LogP contribution >= 0.6 is 0 Å². The van der Waals surface area contributed by atoms with Crippen LogP contribution in [0.2, 0.25) is 0 Å². The Morgan fingerprint density at radius 3 is 2.09 bits per heavy atom. The minimum Gasteiger partial charge on any atom is -0.383 e. The van der Waals surface area contributed by atoms with Gasteiger partial charge in [-0.1, -0.05) is 60.7 Å². The summed E-state index contributed by atoms with van der Waals surface area (Å²) in [6.07, 6.45) is 3.12. The van der Waals surface area contributed by atoms with Gasteiger partial charge in [0.15, 0.2) is 0 Å². The smallest absolute Gasteiger partial charge is 0.109 e. The second-order valence-corrected chi connectivity index (χ2v) is 6.37. The van der Waals surface area contributed by atoms with Crippen molar-refractivity contribution in [3.05, 3.63) is 71.8 Å². The van der Waals surface area contributed by atoms with E-state index < -0.39 is 5.60 Å². The summed E-state index contributed by atoms with van der Waals surface area (Å²) in [5, 5.41) is 11.6. The lowest BCUT2D eigenvalue weighted by Crippen LogP contribution is -2.49. The van der Waals surface area contributed by atoms with Gasteiger partial charge in [0.05, 0.1) is 0 Å². The van der Waals surface area contributed by atoms with Crippen LogP contribution in [0, 0.1) is 0 Å².